The van der Waals surface area contributed by atoms with E-state index in [2.05, 4.69) is 25.8 Å². The van der Waals surface area contributed by atoms with E-state index in [-0.39, 0.29) is 11.7 Å². The summed E-state index contributed by atoms with van der Waals surface area (Å²) in [4.78, 5) is 15.6. The fraction of sp³-hybridized carbons (Fsp3) is 0.111. The molecule has 1 heterocycles. The number of hydrogen-bond acceptors (Lipinski definition) is 6. The van der Waals surface area contributed by atoms with Crippen LogP contribution in [0, 0.1) is 0 Å². The summed E-state index contributed by atoms with van der Waals surface area (Å²) in [5.41, 5.74) is 0.831. The molecule has 0 spiro atoms. The second-order valence-corrected chi connectivity index (χ2v) is 5.63. The predicted octanol–water partition coefficient (Wildman–Crippen LogP) is 4.58. The molecule has 0 atom stereocenters. The van der Waals surface area contributed by atoms with E-state index < -0.39 is 11.7 Å². The number of alkyl halides is 3. The Balaban J connectivity index is 1.74. The van der Waals surface area contributed by atoms with Crippen molar-refractivity contribution in [2.75, 3.05) is 10.6 Å². The van der Waals surface area contributed by atoms with E-state index in [0.717, 1.165) is 12.1 Å². The normalized spacial score (nSPS) is 11.1. The minimum atomic E-state index is -4.39. The van der Waals surface area contributed by atoms with Crippen LogP contribution in [0.2, 0.25) is 0 Å². The molecule has 0 fully saturated rings. The van der Waals surface area contributed by atoms with Gasteiger partial charge in [-0.1, -0.05) is 12.1 Å². The van der Waals surface area contributed by atoms with E-state index >= 15 is 0 Å². The van der Waals surface area contributed by atoms with Crippen LogP contribution in [0.25, 0.3) is 0 Å². The second-order valence-electron chi connectivity index (χ2n) is 5.63. The van der Waals surface area contributed by atoms with Crippen molar-refractivity contribution in [1.29, 1.82) is 0 Å². The largest absolute Gasteiger partial charge is 0.416 e. The number of carbonyl (C=O) groups excluding carboxylic acids is 1. The number of nitrogens with one attached hydrogen (secondary N) is 2. The van der Waals surface area contributed by atoms with Crippen molar-refractivity contribution >= 4 is 28.9 Å². The molecule has 1 aromatic heterocycles. The molecule has 138 valence electrons. The Hall–Kier alpha value is -3.49. The minimum absolute atomic E-state index is 0.0737. The summed E-state index contributed by atoms with van der Waals surface area (Å²) >= 11 is 0. The van der Waals surface area contributed by atoms with Crippen LogP contribution < -0.4 is 10.6 Å². The summed E-state index contributed by atoms with van der Waals surface area (Å²) in [6.45, 7) is 1.46. The summed E-state index contributed by atoms with van der Waals surface area (Å²) in [6.07, 6.45) is -3.05. The summed E-state index contributed by atoms with van der Waals surface area (Å²) in [5, 5.41) is 13.5. The van der Waals surface area contributed by atoms with Crippen LogP contribution >= 0.6 is 0 Å². The third-order valence-corrected chi connectivity index (χ3v) is 3.57. The maximum Gasteiger partial charge on any atom is 0.416 e. The molecule has 27 heavy (non-hydrogen) atoms. The first-order valence-electron chi connectivity index (χ1n) is 7.83. The van der Waals surface area contributed by atoms with Gasteiger partial charge in [0.2, 0.25) is 5.95 Å². The second kappa shape index (κ2) is 7.40. The summed E-state index contributed by atoms with van der Waals surface area (Å²) in [6, 6.07) is 11.4. The number of anilines is 4. The van der Waals surface area contributed by atoms with Gasteiger partial charge in [-0.05, 0) is 43.3 Å². The van der Waals surface area contributed by atoms with Gasteiger partial charge < -0.3 is 10.6 Å². The topological polar surface area (TPSA) is 79.8 Å². The molecule has 6 nitrogen and oxygen atoms in total. The Labute approximate surface area is 152 Å². The van der Waals surface area contributed by atoms with Crippen LogP contribution in [-0.2, 0) is 6.18 Å². The molecule has 3 aromatic rings. The molecule has 0 unspecified atom stereocenters. The first-order chi connectivity index (χ1) is 12.8. The van der Waals surface area contributed by atoms with Gasteiger partial charge >= 0.3 is 6.18 Å². The van der Waals surface area contributed by atoms with Crippen LogP contribution in [0.1, 0.15) is 22.8 Å². The molecule has 0 radical (unpaired) electrons. The molecule has 2 N–H and O–H groups in total. The number of ketones is 1. The number of Topliss-reactive ketones (excluding diaryl/α,β-unsaturated/α-hetero) is 1. The summed E-state index contributed by atoms with van der Waals surface area (Å²) in [5.74, 6) is 0.401. The molecular weight excluding hydrogens is 359 g/mol. The van der Waals surface area contributed by atoms with Crippen LogP contribution in [0.15, 0.2) is 54.7 Å². The monoisotopic (exact) mass is 373 g/mol. The van der Waals surface area contributed by atoms with Crippen LogP contribution in [0.3, 0.4) is 0 Å². The minimum Gasteiger partial charge on any atom is -0.339 e. The lowest BCUT2D eigenvalue weighted by atomic mass is 10.1. The lowest BCUT2D eigenvalue weighted by molar-refractivity contribution is -0.137. The molecule has 2 aromatic carbocycles. The van der Waals surface area contributed by atoms with E-state index in [1.165, 1.54) is 25.3 Å². The maximum absolute atomic E-state index is 12.6. The highest BCUT2D eigenvalue weighted by molar-refractivity contribution is 5.95. The zero-order valence-electron chi connectivity index (χ0n) is 14.1. The smallest absolute Gasteiger partial charge is 0.339 e. The average molecular weight is 373 g/mol. The molecule has 0 bridgehead atoms. The number of aromatic nitrogens is 3. The zero-order chi connectivity index (χ0) is 19.4. The van der Waals surface area contributed by atoms with Gasteiger partial charge in [-0.3, -0.25) is 4.79 Å². The molecule has 9 heteroatoms. The Morgan fingerprint density at radius 1 is 1.00 bits per heavy atom. The maximum atomic E-state index is 12.6. The first-order valence-corrected chi connectivity index (χ1v) is 7.83. The fourth-order valence-electron chi connectivity index (χ4n) is 2.25. The van der Waals surface area contributed by atoms with Crippen LogP contribution in [-0.4, -0.2) is 21.0 Å². The number of carbonyl (C=O) groups is 1. The van der Waals surface area contributed by atoms with Crippen LogP contribution in [0.4, 0.5) is 36.3 Å². The lowest BCUT2D eigenvalue weighted by Gasteiger charge is -2.10. The highest BCUT2D eigenvalue weighted by Gasteiger charge is 2.29. The number of benzene rings is 2. The standard InChI is InChI=1S/C18H14F3N5O/c1-11(27)12-3-2-4-15(9-12)24-17-25-16(10-22-26-17)23-14-7-5-13(6-8-14)18(19,20)21/h2-10H,1H3,(H2,23,24,25,26). The van der Waals surface area contributed by atoms with Crippen LogP contribution in [0.5, 0.6) is 0 Å². The number of halogens is 3. The van der Waals surface area contributed by atoms with Gasteiger partial charge in [0.1, 0.15) is 0 Å². The predicted molar refractivity (Wildman–Crippen MR) is 94.3 cm³/mol. The third-order valence-electron chi connectivity index (χ3n) is 3.57. The molecule has 0 saturated heterocycles. The van der Waals surface area contributed by atoms with Gasteiger partial charge in [-0.25, -0.2) is 0 Å². The quantitative estimate of drug-likeness (QED) is 0.637. The summed E-state index contributed by atoms with van der Waals surface area (Å²) < 4.78 is 37.8. The van der Waals surface area contributed by atoms with Crippen molar-refractivity contribution in [3.63, 3.8) is 0 Å². The van der Waals surface area contributed by atoms with Crippen molar-refractivity contribution in [3.8, 4) is 0 Å². The third kappa shape index (κ3) is 4.78. The molecular formula is C18H14F3N5O. The lowest BCUT2D eigenvalue weighted by Crippen LogP contribution is -2.05. The number of rotatable bonds is 5. The van der Waals surface area contributed by atoms with Gasteiger partial charge in [-0.15, -0.1) is 5.10 Å². The highest BCUT2D eigenvalue weighted by Crippen LogP contribution is 2.30. The Bertz CT molecular complexity index is 958. The molecule has 0 saturated carbocycles. The van der Waals surface area contributed by atoms with E-state index in [0.29, 0.717) is 22.8 Å². The van der Waals surface area contributed by atoms with E-state index in [4.69, 9.17) is 0 Å². The average Bonchev–Trinajstić information content (AvgIpc) is 2.62. The van der Waals surface area contributed by atoms with E-state index in [1.807, 2.05) is 0 Å². The van der Waals surface area contributed by atoms with Gasteiger partial charge in [0.05, 0.1) is 11.8 Å². The molecule has 0 aliphatic carbocycles. The first kappa shape index (κ1) is 18.3. The van der Waals surface area contributed by atoms with Crippen molar-refractivity contribution in [2.45, 2.75) is 13.1 Å². The highest BCUT2D eigenvalue weighted by atomic mass is 19.4. The Morgan fingerprint density at radius 3 is 2.41 bits per heavy atom. The van der Waals surface area contributed by atoms with Gasteiger partial charge in [0.15, 0.2) is 11.6 Å². The Morgan fingerprint density at radius 2 is 1.74 bits per heavy atom. The SMILES string of the molecule is CC(=O)c1cccc(Nc2nncc(Nc3ccc(C(F)(F)F)cc3)n2)c1. The number of hydrogen-bond donors (Lipinski definition) is 2. The molecule has 0 aliphatic heterocycles. The zero-order valence-corrected chi connectivity index (χ0v) is 14.1. The van der Waals surface area contributed by atoms with Gasteiger partial charge in [0, 0.05) is 16.9 Å². The molecule has 0 amide bonds. The van der Waals surface area contributed by atoms with E-state index in [1.54, 1.807) is 24.3 Å². The van der Waals surface area contributed by atoms with E-state index in [9.17, 15) is 18.0 Å². The van der Waals surface area contributed by atoms with Crippen molar-refractivity contribution < 1.29 is 18.0 Å². The summed E-state index contributed by atoms with van der Waals surface area (Å²) in [7, 11) is 0. The Kier molecular flexibility index (Phi) is 5.02. The van der Waals surface area contributed by atoms with Crippen molar-refractivity contribution in [3.05, 3.63) is 65.9 Å². The van der Waals surface area contributed by atoms with Crippen molar-refractivity contribution in [2.24, 2.45) is 0 Å². The number of nitrogens with zero attached hydrogens (tertiary/aromatic N) is 3. The molecule has 0 aliphatic rings. The van der Waals surface area contributed by atoms with Gasteiger partial charge in [-0.2, -0.15) is 23.3 Å². The van der Waals surface area contributed by atoms with Crippen molar-refractivity contribution in [1.82, 2.24) is 15.2 Å². The molecule has 3 rings (SSSR count). The van der Waals surface area contributed by atoms with Gasteiger partial charge in [0.25, 0.3) is 0 Å². The fourth-order valence-corrected chi connectivity index (χ4v) is 2.25.